The number of carbonyl (C=O) groups excluding carboxylic acids is 1. The van der Waals surface area contributed by atoms with Gasteiger partial charge in [0.25, 0.3) is 0 Å². The maximum Gasteiger partial charge on any atom is 0.242 e. The summed E-state index contributed by atoms with van der Waals surface area (Å²) in [7, 11) is 2.00. The number of nitrogens with one attached hydrogen (secondary N) is 1. The maximum absolute atomic E-state index is 12.8. The molecule has 0 saturated carbocycles. The van der Waals surface area contributed by atoms with E-state index in [9.17, 15) is 4.79 Å². The maximum atomic E-state index is 12.8. The van der Waals surface area contributed by atoms with Crippen molar-refractivity contribution in [3.63, 3.8) is 0 Å². The second kappa shape index (κ2) is 9.31. The molecule has 0 aromatic carbocycles. The van der Waals surface area contributed by atoms with Gasteiger partial charge < -0.3 is 15.1 Å². The van der Waals surface area contributed by atoms with Crippen molar-refractivity contribution in [1.82, 2.24) is 15.1 Å². The van der Waals surface area contributed by atoms with Crippen LogP contribution < -0.4 is 5.32 Å². The average Bonchev–Trinajstić information content (AvgIpc) is 2.46. The largest absolute Gasteiger partial charge is 0.341 e. The number of rotatable bonds is 3. The Balaban J connectivity index is 0.00000220. The summed E-state index contributed by atoms with van der Waals surface area (Å²) in [6.45, 7) is 9.79. The third kappa shape index (κ3) is 4.98. The number of amides is 1. The zero-order valence-electron chi connectivity index (χ0n) is 14.4. The van der Waals surface area contributed by atoms with Gasteiger partial charge in [0.1, 0.15) is 0 Å². The molecule has 4 nitrogen and oxygen atoms in total. The lowest BCUT2D eigenvalue weighted by molar-refractivity contribution is -0.140. The van der Waals surface area contributed by atoms with E-state index in [1.807, 2.05) is 11.9 Å². The number of likely N-dealkylation sites (tertiary alicyclic amines) is 1. The highest BCUT2D eigenvalue weighted by molar-refractivity contribution is 5.86. The quantitative estimate of drug-likeness (QED) is 0.847. The SMILES string of the molecule is CC(C)N1CCC(N(C)C(=O)C2(C)CCCCN2)CC1.Cl.Cl. The fourth-order valence-corrected chi connectivity index (χ4v) is 3.58. The Labute approximate surface area is 148 Å². The Bertz CT molecular complexity index is 338. The summed E-state index contributed by atoms with van der Waals surface area (Å²) >= 11 is 0. The number of hydrogen-bond donors (Lipinski definition) is 1. The molecule has 0 aromatic heterocycles. The molecular weight excluding hydrogens is 321 g/mol. The van der Waals surface area contributed by atoms with Crippen molar-refractivity contribution in [2.45, 2.75) is 70.5 Å². The van der Waals surface area contributed by atoms with Crippen molar-refractivity contribution in [2.24, 2.45) is 0 Å². The molecule has 1 N–H and O–H groups in total. The highest BCUT2D eigenvalue weighted by atomic mass is 35.5. The second-order valence-corrected chi connectivity index (χ2v) is 6.99. The number of hydrogen-bond acceptors (Lipinski definition) is 3. The van der Waals surface area contributed by atoms with Gasteiger partial charge in [-0.05, 0) is 59.4 Å². The third-order valence-electron chi connectivity index (χ3n) is 5.19. The molecule has 22 heavy (non-hydrogen) atoms. The number of likely N-dealkylation sites (N-methyl/N-ethyl adjacent to an activating group) is 1. The first-order valence-corrected chi connectivity index (χ1v) is 8.20. The standard InChI is InChI=1S/C16H31N3O.2ClH/c1-13(2)19-11-7-14(8-12-19)18(4)15(20)16(3)9-5-6-10-17-16;;/h13-14,17H,5-12H2,1-4H3;2*1H. The second-order valence-electron chi connectivity index (χ2n) is 6.99. The molecule has 2 saturated heterocycles. The van der Waals surface area contributed by atoms with E-state index in [1.165, 1.54) is 6.42 Å². The minimum atomic E-state index is -0.331. The van der Waals surface area contributed by atoms with Gasteiger partial charge in [0, 0.05) is 32.2 Å². The molecule has 2 aliphatic rings. The van der Waals surface area contributed by atoms with Gasteiger partial charge in [0.05, 0.1) is 5.54 Å². The molecule has 2 rings (SSSR count). The number of carbonyl (C=O) groups is 1. The highest BCUT2D eigenvalue weighted by Crippen LogP contribution is 2.24. The van der Waals surface area contributed by atoms with Crippen LogP contribution in [0.15, 0.2) is 0 Å². The lowest BCUT2D eigenvalue weighted by Crippen LogP contribution is -2.60. The minimum Gasteiger partial charge on any atom is -0.341 e. The summed E-state index contributed by atoms with van der Waals surface area (Å²) in [4.78, 5) is 17.3. The molecule has 2 aliphatic heterocycles. The fraction of sp³-hybridized carbons (Fsp3) is 0.938. The van der Waals surface area contributed by atoms with Crippen LogP contribution in [0.1, 0.15) is 52.9 Å². The van der Waals surface area contributed by atoms with Crippen LogP contribution in [-0.4, -0.2) is 60.0 Å². The van der Waals surface area contributed by atoms with Crippen LogP contribution in [-0.2, 0) is 4.79 Å². The molecule has 1 unspecified atom stereocenters. The lowest BCUT2D eigenvalue weighted by Gasteiger charge is -2.43. The molecule has 0 spiro atoms. The lowest BCUT2D eigenvalue weighted by atomic mass is 9.88. The van der Waals surface area contributed by atoms with Gasteiger partial charge in [0.15, 0.2) is 0 Å². The molecule has 132 valence electrons. The Morgan fingerprint density at radius 2 is 1.82 bits per heavy atom. The fourth-order valence-electron chi connectivity index (χ4n) is 3.58. The van der Waals surface area contributed by atoms with E-state index in [4.69, 9.17) is 0 Å². The normalized spacial score (nSPS) is 27.0. The van der Waals surface area contributed by atoms with Crippen molar-refractivity contribution < 1.29 is 4.79 Å². The van der Waals surface area contributed by atoms with Gasteiger partial charge in [0.2, 0.25) is 5.91 Å². The Morgan fingerprint density at radius 1 is 1.23 bits per heavy atom. The van der Waals surface area contributed by atoms with Gasteiger partial charge in [-0.15, -0.1) is 24.8 Å². The van der Waals surface area contributed by atoms with Crippen molar-refractivity contribution in [3.8, 4) is 0 Å². The molecule has 2 fully saturated rings. The summed E-state index contributed by atoms with van der Waals surface area (Å²) < 4.78 is 0. The summed E-state index contributed by atoms with van der Waals surface area (Å²) in [5.74, 6) is 0.292. The van der Waals surface area contributed by atoms with Gasteiger partial charge in [-0.3, -0.25) is 4.79 Å². The monoisotopic (exact) mass is 353 g/mol. The van der Waals surface area contributed by atoms with Crippen LogP contribution in [0.4, 0.5) is 0 Å². The van der Waals surface area contributed by atoms with E-state index in [-0.39, 0.29) is 30.4 Å². The van der Waals surface area contributed by atoms with E-state index in [1.54, 1.807) is 0 Å². The van der Waals surface area contributed by atoms with Crippen LogP contribution in [0.5, 0.6) is 0 Å². The molecular formula is C16H33Cl2N3O. The van der Waals surface area contributed by atoms with Gasteiger partial charge in [-0.1, -0.05) is 0 Å². The zero-order valence-corrected chi connectivity index (χ0v) is 16.1. The van der Waals surface area contributed by atoms with E-state index < -0.39 is 0 Å². The minimum absolute atomic E-state index is 0. The molecule has 0 aliphatic carbocycles. The van der Waals surface area contributed by atoms with Crippen LogP contribution in [0.3, 0.4) is 0 Å². The predicted octanol–water partition coefficient (Wildman–Crippen LogP) is 2.69. The first-order valence-electron chi connectivity index (χ1n) is 8.20. The van der Waals surface area contributed by atoms with E-state index in [0.29, 0.717) is 18.0 Å². The summed E-state index contributed by atoms with van der Waals surface area (Å²) in [5, 5.41) is 3.44. The Morgan fingerprint density at radius 3 is 2.27 bits per heavy atom. The van der Waals surface area contributed by atoms with E-state index in [2.05, 4.69) is 31.0 Å². The predicted molar refractivity (Wildman–Crippen MR) is 97.3 cm³/mol. The first-order chi connectivity index (χ1) is 9.44. The van der Waals surface area contributed by atoms with Crippen LogP contribution in [0, 0.1) is 0 Å². The Hall–Kier alpha value is -0.0300. The van der Waals surface area contributed by atoms with Crippen molar-refractivity contribution in [2.75, 3.05) is 26.7 Å². The van der Waals surface area contributed by atoms with Gasteiger partial charge in [-0.25, -0.2) is 0 Å². The third-order valence-corrected chi connectivity index (χ3v) is 5.19. The van der Waals surface area contributed by atoms with Crippen molar-refractivity contribution in [3.05, 3.63) is 0 Å². The number of piperidine rings is 2. The van der Waals surface area contributed by atoms with Crippen molar-refractivity contribution >= 4 is 30.7 Å². The van der Waals surface area contributed by atoms with Crippen LogP contribution in [0.25, 0.3) is 0 Å². The summed E-state index contributed by atoms with van der Waals surface area (Å²) in [6.07, 6.45) is 5.54. The molecule has 0 aromatic rings. The molecule has 6 heteroatoms. The average molecular weight is 354 g/mol. The van der Waals surface area contributed by atoms with Crippen LogP contribution >= 0.6 is 24.8 Å². The molecule has 0 bridgehead atoms. The summed E-state index contributed by atoms with van der Waals surface area (Å²) in [5.41, 5.74) is -0.331. The molecule has 2 heterocycles. The van der Waals surface area contributed by atoms with Gasteiger partial charge in [-0.2, -0.15) is 0 Å². The topological polar surface area (TPSA) is 35.6 Å². The highest BCUT2D eigenvalue weighted by Gasteiger charge is 2.38. The van der Waals surface area contributed by atoms with Crippen molar-refractivity contribution in [1.29, 1.82) is 0 Å². The number of halogens is 2. The van der Waals surface area contributed by atoms with Crippen LogP contribution in [0.2, 0.25) is 0 Å². The molecule has 1 atom stereocenters. The molecule has 0 radical (unpaired) electrons. The summed E-state index contributed by atoms with van der Waals surface area (Å²) in [6, 6.07) is 1.03. The Kier molecular flexibility index (Phi) is 9.30. The number of nitrogens with zero attached hydrogens (tertiary/aromatic N) is 2. The van der Waals surface area contributed by atoms with E-state index in [0.717, 1.165) is 45.3 Å². The first kappa shape index (κ1) is 22.0. The van der Waals surface area contributed by atoms with E-state index >= 15 is 0 Å². The zero-order chi connectivity index (χ0) is 14.8. The molecule has 1 amide bonds. The van der Waals surface area contributed by atoms with Gasteiger partial charge >= 0.3 is 0 Å². The smallest absolute Gasteiger partial charge is 0.242 e.